The standard InChI is InChI=1S/C21H21N3O4/c25-20(19-7-6-18(28-19)13-23-10-8-22-14-23)24-9-2-5-17(12-24)15-3-1-4-16(11-15)21(26)27/h1,3-4,6-8,10-11,14,17H,2,5,9,12-13H2,(H,26,27)/t17-/m0/s1. The molecule has 4 rings (SSSR count). The van der Waals surface area contributed by atoms with Crippen LogP contribution in [-0.4, -0.2) is 44.5 Å². The van der Waals surface area contributed by atoms with Gasteiger partial charge in [-0.25, -0.2) is 9.78 Å². The molecule has 1 amide bonds. The molecule has 28 heavy (non-hydrogen) atoms. The third-order valence-electron chi connectivity index (χ3n) is 5.08. The molecule has 0 unspecified atom stereocenters. The zero-order valence-electron chi connectivity index (χ0n) is 15.3. The summed E-state index contributed by atoms with van der Waals surface area (Å²) < 4.78 is 7.62. The van der Waals surface area contributed by atoms with E-state index in [2.05, 4.69) is 4.98 Å². The summed E-state index contributed by atoms with van der Waals surface area (Å²) in [5, 5.41) is 9.21. The summed E-state index contributed by atoms with van der Waals surface area (Å²) in [6.07, 6.45) is 7.03. The van der Waals surface area contributed by atoms with E-state index < -0.39 is 5.97 Å². The van der Waals surface area contributed by atoms with E-state index in [4.69, 9.17) is 4.42 Å². The molecular weight excluding hydrogens is 358 g/mol. The number of likely N-dealkylation sites (tertiary alicyclic amines) is 1. The molecule has 1 aliphatic rings. The van der Waals surface area contributed by atoms with Crippen LogP contribution in [-0.2, 0) is 6.54 Å². The zero-order chi connectivity index (χ0) is 19.5. The van der Waals surface area contributed by atoms with Crippen molar-refractivity contribution in [3.8, 4) is 0 Å². The van der Waals surface area contributed by atoms with Crippen LogP contribution in [0.25, 0.3) is 0 Å². The smallest absolute Gasteiger partial charge is 0.335 e. The highest BCUT2D eigenvalue weighted by molar-refractivity contribution is 5.91. The maximum atomic E-state index is 12.9. The average molecular weight is 379 g/mol. The number of aromatic carboxylic acids is 1. The molecule has 1 fully saturated rings. The lowest BCUT2D eigenvalue weighted by Gasteiger charge is -2.32. The molecular formula is C21H21N3O4. The first-order valence-corrected chi connectivity index (χ1v) is 9.27. The van der Waals surface area contributed by atoms with Gasteiger partial charge in [0.05, 0.1) is 18.4 Å². The van der Waals surface area contributed by atoms with Crippen LogP contribution >= 0.6 is 0 Å². The van der Waals surface area contributed by atoms with E-state index in [1.54, 1.807) is 41.7 Å². The van der Waals surface area contributed by atoms with Gasteiger partial charge in [0.1, 0.15) is 5.76 Å². The first-order chi connectivity index (χ1) is 13.6. The first-order valence-electron chi connectivity index (χ1n) is 9.27. The Morgan fingerprint density at radius 2 is 2.14 bits per heavy atom. The molecule has 1 aliphatic heterocycles. The van der Waals surface area contributed by atoms with Gasteiger partial charge in [-0.2, -0.15) is 0 Å². The zero-order valence-corrected chi connectivity index (χ0v) is 15.3. The number of carboxylic acid groups (broad SMARTS) is 1. The van der Waals surface area contributed by atoms with Gasteiger partial charge < -0.3 is 19.0 Å². The van der Waals surface area contributed by atoms with Crippen molar-refractivity contribution in [3.05, 3.63) is 77.8 Å². The van der Waals surface area contributed by atoms with Crippen molar-refractivity contribution in [2.75, 3.05) is 13.1 Å². The molecule has 0 bridgehead atoms. The fourth-order valence-electron chi connectivity index (χ4n) is 3.65. The largest absolute Gasteiger partial charge is 0.478 e. The summed E-state index contributed by atoms with van der Waals surface area (Å²) in [6.45, 7) is 1.75. The van der Waals surface area contributed by atoms with Crippen molar-refractivity contribution in [3.63, 3.8) is 0 Å². The van der Waals surface area contributed by atoms with Crippen LogP contribution in [0.1, 0.15) is 51.0 Å². The molecule has 7 nitrogen and oxygen atoms in total. The summed E-state index contributed by atoms with van der Waals surface area (Å²) in [5.41, 5.74) is 1.23. The molecule has 1 aromatic carbocycles. The Kier molecular flexibility index (Phi) is 4.97. The number of hydrogen-bond donors (Lipinski definition) is 1. The number of aromatic nitrogens is 2. The van der Waals surface area contributed by atoms with E-state index >= 15 is 0 Å². The van der Waals surface area contributed by atoms with E-state index in [0.29, 0.717) is 31.2 Å². The number of carbonyl (C=O) groups excluding carboxylic acids is 1. The number of benzene rings is 1. The third-order valence-corrected chi connectivity index (χ3v) is 5.08. The molecule has 1 N–H and O–H groups in total. The lowest BCUT2D eigenvalue weighted by Crippen LogP contribution is -2.39. The lowest BCUT2D eigenvalue weighted by molar-refractivity contribution is 0.0667. The maximum Gasteiger partial charge on any atom is 0.335 e. The number of piperidine rings is 1. The minimum absolute atomic E-state index is 0.123. The van der Waals surface area contributed by atoms with Gasteiger partial charge in [0.2, 0.25) is 0 Å². The van der Waals surface area contributed by atoms with E-state index in [9.17, 15) is 14.7 Å². The number of carboxylic acids is 1. The molecule has 2 aromatic heterocycles. The summed E-state index contributed by atoms with van der Waals surface area (Å²) in [4.78, 5) is 29.9. The van der Waals surface area contributed by atoms with Crippen LogP contribution in [0.5, 0.6) is 0 Å². The van der Waals surface area contributed by atoms with E-state index in [1.807, 2.05) is 22.9 Å². The molecule has 0 spiro atoms. The van der Waals surface area contributed by atoms with E-state index in [0.717, 1.165) is 18.4 Å². The van der Waals surface area contributed by atoms with Crippen LogP contribution < -0.4 is 0 Å². The van der Waals surface area contributed by atoms with Crippen LogP contribution in [0, 0.1) is 0 Å². The second-order valence-electron chi connectivity index (χ2n) is 7.02. The topological polar surface area (TPSA) is 88.6 Å². The molecule has 0 aliphatic carbocycles. The highest BCUT2D eigenvalue weighted by atomic mass is 16.4. The van der Waals surface area contributed by atoms with Crippen LogP contribution in [0.3, 0.4) is 0 Å². The summed E-state index contributed by atoms with van der Waals surface area (Å²) in [6, 6.07) is 10.5. The van der Waals surface area contributed by atoms with Gasteiger partial charge in [0.15, 0.2) is 5.76 Å². The van der Waals surface area contributed by atoms with E-state index in [1.165, 1.54) is 0 Å². The number of hydrogen-bond acceptors (Lipinski definition) is 4. The maximum absolute atomic E-state index is 12.9. The van der Waals surface area contributed by atoms with Crippen molar-refractivity contribution in [1.82, 2.24) is 14.5 Å². The Hall–Kier alpha value is -3.35. The number of furan rings is 1. The van der Waals surface area contributed by atoms with Gasteiger partial charge in [-0.1, -0.05) is 12.1 Å². The summed E-state index contributed by atoms with van der Waals surface area (Å²) >= 11 is 0. The van der Waals surface area contributed by atoms with Gasteiger partial charge in [0.25, 0.3) is 5.91 Å². The van der Waals surface area contributed by atoms with Crippen molar-refractivity contribution >= 4 is 11.9 Å². The Balaban J connectivity index is 1.45. The van der Waals surface area contributed by atoms with Crippen molar-refractivity contribution in [2.45, 2.75) is 25.3 Å². The highest BCUT2D eigenvalue weighted by Gasteiger charge is 2.27. The van der Waals surface area contributed by atoms with E-state index in [-0.39, 0.29) is 17.4 Å². The van der Waals surface area contributed by atoms with Gasteiger partial charge >= 0.3 is 5.97 Å². The van der Waals surface area contributed by atoms with Gasteiger partial charge in [-0.15, -0.1) is 0 Å². The Morgan fingerprint density at radius 3 is 2.93 bits per heavy atom. The molecule has 0 saturated carbocycles. The number of carbonyl (C=O) groups is 2. The number of amides is 1. The predicted molar refractivity (Wildman–Crippen MR) is 101 cm³/mol. The second kappa shape index (κ2) is 7.72. The van der Waals surface area contributed by atoms with Crippen LogP contribution in [0.2, 0.25) is 0 Å². The summed E-state index contributed by atoms with van der Waals surface area (Å²) in [5.74, 6) is 0.0825. The first kappa shape index (κ1) is 18.0. The van der Waals surface area contributed by atoms with Crippen molar-refractivity contribution in [1.29, 1.82) is 0 Å². The van der Waals surface area contributed by atoms with Gasteiger partial charge in [0, 0.05) is 31.4 Å². The van der Waals surface area contributed by atoms with Gasteiger partial charge in [-0.05, 0) is 42.7 Å². The quantitative estimate of drug-likeness (QED) is 0.735. The average Bonchev–Trinajstić information content (AvgIpc) is 3.40. The molecule has 1 saturated heterocycles. The Bertz CT molecular complexity index is 977. The number of nitrogens with zero attached hydrogens (tertiary/aromatic N) is 3. The Morgan fingerprint density at radius 1 is 1.25 bits per heavy atom. The lowest BCUT2D eigenvalue weighted by atomic mass is 9.89. The predicted octanol–water partition coefficient (Wildman–Crippen LogP) is 3.24. The molecule has 0 radical (unpaired) electrons. The SMILES string of the molecule is O=C(O)c1cccc([C@H]2CCCN(C(=O)c3ccc(Cn4ccnc4)o3)C2)c1. The molecule has 3 aromatic rings. The molecule has 7 heteroatoms. The number of rotatable bonds is 5. The van der Waals surface area contributed by atoms with Crippen molar-refractivity contribution in [2.24, 2.45) is 0 Å². The number of imidazole rings is 1. The minimum atomic E-state index is -0.938. The second-order valence-corrected chi connectivity index (χ2v) is 7.02. The normalized spacial score (nSPS) is 16.9. The van der Waals surface area contributed by atoms with Crippen LogP contribution in [0.4, 0.5) is 0 Å². The van der Waals surface area contributed by atoms with Crippen molar-refractivity contribution < 1.29 is 19.1 Å². The Labute approximate surface area is 162 Å². The molecule has 144 valence electrons. The third kappa shape index (κ3) is 3.83. The fourth-order valence-corrected chi connectivity index (χ4v) is 3.65. The summed E-state index contributed by atoms with van der Waals surface area (Å²) in [7, 11) is 0. The fraction of sp³-hybridized carbons (Fsp3) is 0.286. The molecule has 1 atom stereocenters. The van der Waals surface area contributed by atoms with Crippen LogP contribution in [0.15, 0.2) is 59.5 Å². The monoisotopic (exact) mass is 379 g/mol. The van der Waals surface area contributed by atoms with Gasteiger partial charge in [-0.3, -0.25) is 4.79 Å². The minimum Gasteiger partial charge on any atom is -0.478 e. The molecule has 3 heterocycles. The highest BCUT2D eigenvalue weighted by Crippen LogP contribution is 2.28.